The van der Waals surface area contributed by atoms with Crippen LogP contribution in [-0.4, -0.2) is 17.8 Å². The Morgan fingerprint density at radius 2 is 1.89 bits per heavy atom. The van der Waals surface area contributed by atoms with Crippen LogP contribution in [0.3, 0.4) is 0 Å². The molecule has 0 amide bonds. The third-order valence-electron chi connectivity index (χ3n) is 2.95. The van der Waals surface area contributed by atoms with E-state index in [0.717, 1.165) is 12.0 Å². The van der Waals surface area contributed by atoms with Crippen molar-refractivity contribution >= 4 is 0 Å². The molecule has 19 heavy (non-hydrogen) atoms. The van der Waals surface area contributed by atoms with E-state index in [1.807, 2.05) is 30.3 Å². The summed E-state index contributed by atoms with van der Waals surface area (Å²) in [5.41, 5.74) is 1.20. The van der Waals surface area contributed by atoms with Crippen LogP contribution in [0.25, 0.3) is 0 Å². The Morgan fingerprint density at radius 3 is 2.42 bits per heavy atom. The minimum absolute atomic E-state index is 0.0131. The maximum Gasteiger partial charge on any atom is 0.0669 e. The summed E-state index contributed by atoms with van der Waals surface area (Å²) in [7, 11) is 0. The summed E-state index contributed by atoms with van der Waals surface area (Å²) in [6.07, 6.45) is 0.769. The van der Waals surface area contributed by atoms with Crippen molar-refractivity contribution in [1.82, 2.24) is 5.32 Å². The first kappa shape index (κ1) is 15.7. The van der Waals surface area contributed by atoms with E-state index >= 15 is 0 Å². The zero-order chi connectivity index (χ0) is 14.3. The largest absolute Gasteiger partial charge is 0.392 e. The summed E-state index contributed by atoms with van der Waals surface area (Å²) in [4.78, 5) is 0. The lowest BCUT2D eigenvalue weighted by Gasteiger charge is -2.24. The third kappa shape index (κ3) is 6.37. The van der Waals surface area contributed by atoms with Gasteiger partial charge in [-0.15, -0.1) is 0 Å². The van der Waals surface area contributed by atoms with E-state index in [1.54, 1.807) is 0 Å². The lowest BCUT2D eigenvalue weighted by atomic mass is 9.89. The number of nitriles is 1. The first-order chi connectivity index (χ1) is 8.92. The molecule has 1 aromatic rings. The van der Waals surface area contributed by atoms with Crippen molar-refractivity contribution < 1.29 is 5.11 Å². The van der Waals surface area contributed by atoms with Crippen molar-refractivity contribution in [2.75, 3.05) is 6.54 Å². The molecule has 0 saturated heterocycles. The fourth-order valence-corrected chi connectivity index (χ4v) is 2.14. The first-order valence-electron chi connectivity index (χ1n) is 6.76. The van der Waals surface area contributed by atoms with Crippen molar-refractivity contribution in [3.05, 3.63) is 35.9 Å². The average Bonchev–Trinajstić information content (AvgIpc) is 2.33. The minimum Gasteiger partial charge on any atom is -0.392 e. The lowest BCUT2D eigenvalue weighted by molar-refractivity contribution is 0.116. The smallest absolute Gasteiger partial charge is 0.0669 e. The molecule has 1 aromatic carbocycles. The van der Waals surface area contributed by atoms with Gasteiger partial charge in [0.05, 0.1) is 18.6 Å². The number of hydrogen-bond donors (Lipinski definition) is 2. The number of hydrogen-bond acceptors (Lipinski definition) is 3. The molecule has 0 aliphatic carbocycles. The van der Waals surface area contributed by atoms with Gasteiger partial charge in [0.15, 0.2) is 0 Å². The van der Waals surface area contributed by atoms with Gasteiger partial charge in [0.1, 0.15) is 0 Å². The molecule has 0 radical (unpaired) electrons. The Hall–Kier alpha value is -1.37. The Labute approximate surface area is 116 Å². The quantitative estimate of drug-likeness (QED) is 0.826. The van der Waals surface area contributed by atoms with Gasteiger partial charge in [-0.2, -0.15) is 5.26 Å². The average molecular weight is 260 g/mol. The van der Waals surface area contributed by atoms with Gasteiger partial charge in [-0.05, 0) is 17.4 Å². The molecular weight excluding hydrogens is 236 g/mol. The maximum atomic E-state index is 10.0. The van der Waals surface area contributed by atoms with Crippen LogP contribution in [0.15, 0.2) is 30.3 Å². The van der Waals surface area contributed by atoms with Gasteiger partial charge in [-0.25, -0.2) is 0 Å². The van der Waals surface area contributed by atoms with Gasteiger partial charge < -0.3 is 10.4 Å². The highest BCUT2D eigenvalue weighted by Gasteiger charge is 2.18. The van der Waals surface area contributed by atoms with Crippen molar-refractivity contribution in [3.8, 4) is 6.07 Å². The predicted molar refractivity (Wildman–Crippen MR) is 77.5 cm³/mol. The summed E-state index contributed by atoms with van der Waals surface area (Å²) in [5, 5.41) is 22.2. The molecule has 3 heteroatoms. The van der Waals surface area contributed by atoms with Crippen LogP contribution < -0.4 is 5.32 Å². The molecule has 0 saturated carbocycles. The van der Waals surface area contributed by atoms with Crippen molar-refractivity contribution in [1.29, 1.82) is 5.26 Å². The molecule has 1 rings (SSSR count). The van der Waals surface area contributed by atoms with Gasteiger partial charge in [0.25, 0.3) is 0 Å². The van der Waals surface area contributed by atoms with Crippen LogP contribution >= 0.6 is 0 Å². The number of rotatable bonds is 6. The van der Waals surface area contributed by atoms with E-state index in [0.29, 0.717) is 13.0 Å². The highest BCUT2D eigenvalue weighted by Crippen LogP contribution is 2.21. The maximum absolute atomic E-state index is 10.0. The van der Waals surface area contributed by atoms with Gasteiger partial charge in [-0.1, -0.05) is 51.1 Å². The number of nitrogens with one attached hydrogen (secondary N) is 1. The Morgan fingerprint density at radius 1 is 1.26 bits per heavy atom. The second kappa shape index (κ2) is 7.28. The predicted octanol–water partition coefficient (Wildman–Crippen LogP) is 3.03. The number of benzene rings is 1. The second-order valence-corrected chi connectivity index (χ2v) is 6.15. The summed E-state index contributed by atoms with van der Waals surface area (Å²) in [5.74, 6) is 0. The van der Waals surface area contributed by atoms with E-state index < -0.39 is 0 Å². The van der Waals surface area contributed by atoms with Crippen LogP contribution in [0, 0.1) is 16.7 Å². The normalized spacial score (nSPS) is 14.7. The monoisotopic (exact) mass is 260 g/mol. The molecule has 2 atom stereocenters. The molecule has 0 aromatic heterocycles. The van der Waals surface area contributed by atoms with Crippen LogP contribution in [0.2, 0.25) is 0 Å². The molecule has 0 bridgehead atoms. The van der Waals surface area contributed by atoms with E-state index in [1.165, 1.54) is 0 Å². The summed E-state index contributed by atoms with van der Waals surface area (Å²) < 4.78 is 0. The third-order valence-corrected chi connectivity index (χ3v) is 2.95. The minimum atomic E-state index is -0.384. The molecule has 3 nitrogen and oxygen atoms in total. The lowest BCUT2D eigenvalue weighted by Crippen LogP contribution is -2.32. The molecule has 0 aliphatic rings. The molecule has 2 unspecified atom stereocenters. The van der Waals surface area contributed by atoms with Crippen molar-refractivity contribution in [2.24, 2.45) is 5.41 Å². The Kier molecular flexibility index (Phi) is 6.01. The van der Waals surface area contributed by atoms with E-state index in [2.05, 4.69) is 32.2 Å². The summed E-state index contributed by atoms with van der Waals surface area (Å²) >= 11 is 0. The zero-order valence-corrected chi connectivity index (χ0v) is 12.1. The van der Waals surface area contributed by atoms with E-state index in [9.17, 15) is 5.11 Å². The molecule has 0 heterocycles. The number of nitrogens with zero attached hydrogens (tertiary/aromatic N) is 1. The molecule has 0 spiro atoms. The molecule has 0 aliphatic heterocycles. The van der Waals surface area contributed by atoms with Crippen LogP contribution in [0.4, 0.5) is 0 Å². The molecular formula is C16H24N2O. The fourth-order valence-electron chi connectivity index (χ4n) is 2.14. The Bertz CT molecular complexity index is 403. The second-order valence-electron chi connectivity index (χ2n) is 6.15. The van der Waals surface area contributed by atoms with Crippen LogP contribution in [0.1, 0.15) is 45.2 Å². The number of aliphatic hydroxyl groups excluding tert-OH is 1. The standard InChI is InChI=1S/C16H24N2O/c1-16(2,3)11-14(19)12-18-15(9-10-17)13-7-5-4-6-8-13/h4-8,14-15,18-19H,9,11-12H2,1-3H3. The molecule has 104 valence electrons. The highest BCUT2D eigenvalue weighted by atomic mass is 16.3. The Balaban J connectivity index is 2.54. The van der Waals surface area contributed by atoms with Crippen LogP contribution in [0.5, 0.6) is 0 Å². The van der Waals surface area contributed by atoms with Gasteiger partial charge >= 0.3 is 0 Å². The van der Waals surface area contributed by atoms with E-state index in [4.69, 9.17) is 5.26 Å². The van der Waals surface area contributed by atoms with Gasteiger partial charge in [0, 0.05) is 12.6 Å². The zero-order valence-electron chi connectivity index (χ0n) is 12.1. The van der Waals surface area contributed by atoms with Crippen molar-refractivity contribution in [2.45, 2.75) is 45.8 Å². The summed E-state index contributed by atoms with van der Waals surface area (Å²) in [6, 6.07) is 12.1. The fraction of sp³-hybridized carbons (Fsp3) is 0.562. The van der Waals surface area contributed by atoms with Crippen molar-refractivity contribution in [3.63, 3.8) is 0 Å². The first-order valence-corrected chi connectivity index (χ1v) is 6.76. The van der Waals surface area contributed by atoms with Gasteiger partial charge in [-0.3, -0.25) is 0 Å². The molecule has 0 fully saturated rings. The van der Waals surface area contributed by atoms with E-state index in [-0.39, 0.29) is 17.6 Å². The number of aliphatic hydroxyl groups is 1. The van der Waals surface area contributed by atoms with Crippen LogP contribution in [-0.2, 0) is 0 Å². The SMILES string of the molecule is CC(C)(C)CC(O)CNC(CC#N)c1ccccc1. The topological polar surface area (TPSA) is 56.0 Å². The molecule has 2 N–H and O–H groups in total. The summed E-state index contributed by atoms with van der Waals surface area (Å²) in [6.45, 7) is 6.85. The highest BCUT2D eigenvalue weighted by molar-refractivity contribution is 5.19. The van der Waals surface area contributed by atoms with Gasteiger partial charge in [0.2, 0.25) is 0 Å².